The van der Waals surface area contributed by atoms with Gasteiger partial charge in [-0.05, 0) is 89.9 Å². The maximum Gasteiger partial charge on any atom is 0.306 e. The lowest BCUT2D eigenvalue weighted by atomic mass is 10.0. The Morgan fingerprint density at radius 3 is 0.873 bits per heavy atom. The number of esters is 3. The zero-order valence-corrected chi connectivity index (χ0v) is 47.0. The Hall–Kier alpha value is -3.15. The number of allylic oxidation sites excluding steroid dienone is 12. The molecule has 0 aromatic carbocycles. The molecule has 0 saturated carbocycles. The van der Waals surface area contributed by atoms with Crippen LogP contribution in [0.4, 0.5) is 0 Å². The van der Waals surface area contributed by atoms with E-state index >= 15 is 0 Å². The maximum absolute atomic E-state index is 12.8. The molecule has 0 amide bonds. The molecule has 0 fully saturated rings. The van der Waals surface area contributed by atoms with E-state index < -0.39 is 6.10 Å². The average Bonchev–Trinajstić information content (AvgIpc) is 3.37. The Morgan fingerprint density at radius 1 is 0.296 bits per heavy atom. The van der Waals surface area contributed by atoms with Crippen LogP contribution in [0.15, 0.2) is 72.9 Å². The Bertz CT molecular complexity index is 1320. The zero-order valence-electron chi connectivity index (χ0n) is 47.0. The Kier molecular flexibility index (Phi) is 56.8. The van der Waals surface area contributed by atoms with Crippen LogP contribution in [0.25, 0.3) is 0 Å². The SMILES string of the molecule is CC/C=C\C/C=C\C/C=C\C/C=C\C/C=C\CCCCCCCCCCCCCCCCCC(=O)OCC(COC(=O)CCCCCCCCCC)OC(=O)CCCCCCC/C=C\CCCCCCC. The fraction of sp³-hybridized carbons (Fsp3) is 0.769. The number of hydrogen-bond donors (Lipinski definition) is 0. The summed E-state index contributed by atoms with van der Waals surface area (Å²) in [5.74, 6) is -0.878. The van der Waals surface area contributed by atoms with Gasteiger partial charge in [0.15, 0.2) is 6.10 Å². The van der Waals surface area contributed by atoms with E-state index in [1.165, 1.54) is 167 Å². The number of unbranched alkanes of at least 4 members (excludes halogenated alkanes) is 32. The first-order valence-electron chi connectivity index (χ1n) is 30.4. The summed E-state index contributed by atoms with van der Waals surface area (Å²) in [5, 5.41) is 0. The molecule has 0 rings (SSSR count). The molecule has 0 N–H and O–H groups in total. The Balaban J connectivity index is 4.07. The van der Waals surface area contributed by atoms with Crippen molar-refractivity contribution in [2.75, 3.05) is 13.2 Å². The third-order valence-corrected chi connectivity index (χ3v) is 13.2. The number of carbonyl (C=O) groups excluding carboxylic acids is 3. The third-order valence-electron chi connectivity index (χ3n) is 13.2. The van der Waals surface area contributed by atoms with Crippen LogP contribution in [0.3, 0.4) is 0 Å². The number of ether oxygens (including phenoxy) is 3. The molecule has 0 aliphatic rings. The van der Waals surface area contributed by atoms with Crippen LogP contribution in [-0.4, -0.2) is 37.2 Å². The van der Waals surface area contributed by atoms with Gasteiger partial charge < -0.3 is 14.2 Å². The predicted molar refractivity (Wildman–Crippen MR) is 307 cm³/mol. The van der Waals surface area contributed by atoms with Crippen molar-refractivity contribution in [2.45, 2.75) is 309 Å². The van der Waals surface area contributed by atoms with Crippen molar-refractivity contribution in [3.63, 3.8) is 0 Å². The highest BCUT2D eigenvalue weighted by Crippen LogP contribution is 2.16. The fourth-order valence-corrected chi connectivity index (χ4v) is 8.64. The molecular formula is C65H114O6. The lowest BCUT2D eigenvalue weighted by Crippen LogP contribution is -2.30. The average molecular weight is 992 g/mol. The van der Waals surface area contributed by atoms with Crippen molar-refractivity contribution < 1.29 is 28.6 Å². The van der Waals surface area contributed by atoms with Crippen LogP contribution in [0, 0.1) is 0 Å². The minimum atomic E-state index is -0.774. The van der Waals surface area contributed by atoms with Crippen LogP contribution in [-0.2, 0) is 28.6 Å². The monoisotopic (exact) mass is 991 g/mol. The van der Waals surface area contributed by atoms with E-state index in [0.717, 1.165) is 96.3 Å². The van der Waals surface area contributed by atoms with E-state index in [1.54, 1.807) is 0 Å². The van der Waals surface area contributed by atoms with Crippen LogP contribution in [0.2, 0.25) is 0 Å². The van der Waals surface area contributed by atoms with Crippen LogP contribution in [0.1, 0.15) is 303 Å². The molecule has 0 saturated heterocycles. The van der Waals surface area contributed by atoms with Gasteiger partial charge in [-0.25, -0.2) is 0 Å². The molecule has 71 heavy (non-hydrogen) atoms. The topological polar surface area (TPSA) is 78.9 Å². The summed E-state index contributed by atoms with van der Waals surface area (Å²) < 4.78 is 16.8. The van der Waals surface area contributed by atoms with Crippen molar-refractivity contribution in [1.82, 2.24) is 0 Å². The summed E-state index contributed by atoms with van der Waals surface area (Å²) in [6.45, 7) is 6.50. The van der Waals surface area contributed by atoms with Gasteiger partial charge in [-0.1, -0.05) is 267 Å². The number of hydrogen-bond acceptors (Lipinski definition) is 6. The molecule has 1 unspecified atom stereocenters. The first-order chi connectivity index (χ1) is 35.0. The van der Waals surface area contributed by atoms with Gasteiger partial charge in [0.2, 0.25) is 0 Å². The third kappa shape index (κ3) is 57.6. The van der Waals surface area contributed by atoms with Crippen LogP contribution >= 0.6 is 0 Å². The summed E-state index contributed by atoms with van der Waals surface area (Å²) in [6.07, 6.45) is 76.4. The molecule has 0 aromatic heterocycles. The standard InChI is InChI=1S/C65H114O6/c1-4-7-10-13-16-19-21-23-25-26-27-28-29-30-31-32-33-34-35-36-37-38-39-40-41-43-44-46-49-52-55-58-64(67)70-61-62(60-69-63(66)57-54-51-48-18-15-12-9-6-3)71-65(68)59-56-53-50-47-45-42-24-22-20-17-14-11-8-5-2/h7,10,16,19,22-25,27-28,30-31,62H,4-6,8-9,11-15,17-18,20-21,26,29,32-61H2,1-3H3/b10-7-,19-16-,24-22-,25-23-,28-27-,31-30-. The Labute approximate surface area is 440 Å². The van der Waals surface area contributed by atoms with Crippen molar-refractivity contribution in [3.05, 3.63) is 72.9 Å². The molecule has 0 aliphatic heterocycles. The molecule has 6 nitrogen and oxygen atoms in total. The minimum Gasteiger partial charge on any atom is -0.462 e. The van der Waals surface area contributed by atoms with Gasteiger partial charge in [-0.3, -0.25) is 14.4 Å². The van der Waals surface area contributed by atoms with Gasteiger partial charge in [0, 0.05) is 19.3 Å². The lowest BCUT2D eigenvalue weighted by Gasteiger charge is -2.18. The molecule has 0 radical (unpaired) electrons. The van der Waals surface area contributed by atoms with Gasteiger partial charge in [0.1, 0.15) is 13.2 Å². The van der Waals surface area contributed by atoms with Gasteiger partial charge in [0.05, 0.1) is 0 Å². The highest BCUT2D eigenvalue weighted by molar-refractivity contribution is 5.71. The van der Waals surface area contributed by atoms with E-state index in [-0.39, 0.29) is 31.1 Å². The molecule has 6 heteroatoms. The first kappa shape index (κ1) is 67.8. The van der Waals surface area contributed by atoms with Gasteiger partial charge in [-0.15, -0.1) is 0 Å². The fourth-order valence-electron chi connectivity index (χ4n) is 8.64. The van der Waals surface area contributed by atoms with Crippen molar-refractivity contribution in [1.29, 1.82) is 0 Å². The molecule has 0 bridgehead atoms. The molecule has 0 spiro atoms. The second kappa shape index (κ2) is 59.4. The summed E-state index contributed by atoms with van der Waals surface area (Å²) in [5.41, 5.74) is 0. The smallest absolute Gasteiger partial charge is 0.306 e. The van der Waals surface area contributed by atoms with Gasteiger partial charge >= 0.3 is 17.9 Å². The van der Waals surface area contributed by atoms with E-state index in [4.69, 9.17) is 14.2 Å². The number of rotatable bonds is 55. The quantitative estimate of drug-likeness (QED) is 0.0261. The summed E-state index contributed by atoms with van der Waals surface area (Å²) in [4.78, 5) is 38.0. The highest BCUT2D eigenvalue weighted by atomic mass is 16.6. The molecule has 1 atom stereocenters. The number of carbonyl (C=O) groups is 3. The zero-order chi connectivity index (χ0) is 51.4. The van der Waals surface area contributed by atoms with Crippen LogP contribution < -0.4 is 0 Å². The second-order valence-electron chi connectivity index (χ2n) is 20.2. The highest BCUT2D eigenvalue weighted by Gasteiger charge is 2.19. The lowest BCUT2D eigenvalue weighted by molar-refractivity contribution is -0.167. The van der Waals surface area contributed by atoms with E-state index in [9.17, 15) is 14.4 Å². The first-order valence-corrected chi connectivity index (χ1v) is 30.4. The van der Waals surface area contributed by atoms with Crippen molar-refractivity contribution in [2.24, 2.45) is 0 Å². The van der Waals surface area contributed by atoms with Gasteiger partial charge in [0.25, 0.3) is 0 Å². The molecule has 0 aromatic rings. The largest absolute Gasteiger partial charge is 0.462 e. The minimum absolute atomic E-state index is 0.0748. The van der Waals surface area contributed by atoms with Crippen molar-refractivity contribution >= 4 is 17.9 Å². The van der Waals surface area contributed by atoms with E-state index in [1.807, 2.05) is 0 Å². The maximum atomic E-state index is 12.8. The molecule has 410 valence electrons. The van der Waals surface area contributed by atoms with Crippen LogP contribution in [0.5, 0.6) is 0 Å². The van der Waals surface area contributed by atoms with Crippen molar-refractivity contribution in [3.8, 4) is 0 Å². The second-order valence-corrected chi connectivity index (χ2v) is 20.2. The molecule has 0 aliphatic carbocycles. The summed E-state index contributed by atoms with van der Waals surface area (Å²) >= 11 is 0. The van der Waals surface area contributed by atoms with Gasteiger partial charge in [-0.2, -0.15) is 0 Å². The Morgan fingerprint density at radius 2 is 0.549 bits per heavy atom. The normalized spacial score (nSPS) is 12.5. The summed E-state index contributed by atoms with van der Waals surface area (Å²) in [6, 6.07) is 0. The molecule has 0 heterocycles. The predicted octanol–water partition coefficient (Wildman–Crippen LogP) is 20.5. The molecular weight excluding hydrogens is 877 g/mol. The summed E-state index contributed by atoms with van der Waals surface area (Å²) in [7, 11) is 0. The van der Waals surface area contributed by atoms with E-state index in [2.05, 4.69) is 93.7 Å². The van der Waals surface area contributed by atoms with E-state index in [0.29, 0.717) is 19.3 Å².